The molecule has 0 atom stereocenters. The fraction of sp³-hybridized carbons (Fsp3) is 0.409. The Bertz CT molecular complexity index is 999. The van der Waals surface area contributed by atoms with Gasteiger partial charge in [0.1, 0.15) is 12.1 Å². The summed E-state index contributed by atoms with van der Waals surface area (Å²) in [5.41, 5.74) is 2.65. The Kier molecular flexibility index (Phi) is 5.47. The van der Waals surface area contributed by atoms with Crippen molar-refractivity contribution < 1.29 is 32.2 Å². The normalized spacial score (nSPS) is 17.5. The van der Waals surface area contributed by atoms with Gasteiger partial charge in [-0.15, -0.1) is 0 Å². The van der Waals surface area contributed by atoms with E-state index in [2.05, 4.69) is 9.72 Å². The fourth-order valence-corrected chi connectivity index (χ4v) is 4.32. The van der Waals surface area contributed by atoms with Crippen LogP contribution in [0.25, 0.3) is 11.1 Å². The van der Waals surface area contributed by atoms with E-state index in [-0.39, 0.29) is 12.2 Å². The number of fused-ring (bicyclic) bond motifs is 2. The number of ether oxygens (including phenoxy) is 2. The number of amides is 1. The standard InChI is InChI=1S/C22H21F3N2O4/c1-30-20(29)17-4-2-15(12-26-17)14-3-5-18-16(10-14)21(6-8-31-9-7-21)13-27(18)19(28)11-22(23,24)25/h2-5,10,12H,6-9,11,13H2,1H3. The third-order valence-electron chi connectivity index (χ3n) is 5.91. The molecule has 0 aliphatic carbocycles. The Morgan fingerprint density at radius 1 is 1.16 bits per heavy atom. The van der Waals surface area contributed by atoms with Crippen LogP contribution in [0.3, 0.4) is 0 Å². The molecule has 1 aromatic heterocycles. The number of nitrogens with zero attached hydrogens (tertiary/aromatic N) is 2. The average Bonchev–Trinajstić information content (AvgIpc) is 3.06. The van der Waals surface area contributed by atoms with Crippen LogP contribution in [0.15, 0.2) is 36.5 Å². The Morgan fingerprint density at radius 2 is 1.87 bits per heavy atom. The van der Waals surface area contributed by atoms with E-state index in [0.29, 0.717) is 31.7 Å². The van der Waals surface area contributed by atoms with Gasteiger partial charge >= 0.3 is 12.1 Å². The largest absolute Gasteiger partial charge is 0.464 e. The highest BCUT2D eigenvalue weighted by Gasteiger charge is 2.47. The van der Waals surface area contributed by atoms with Crippen LogP contribution in [-0.4, -0.2) is 49.9 Å². The quantitative estimate of drug-likeness (QED) is 0.686. The Balaban J connectivity index is 1.71. The van der Waals surface area contributed by atoms with Crippen LogP contribution < -0.4 is 4.90 Å². The van der Waals surface area contributed by atoms with Gasteiger partial charge in [-0.2, -0.15) is 13.2 Å². The van der Waals surface area contributed by atoms with Crippen LogP contribution >= 0.6 is 0 Å². The topological polar surface area (TPSA) is 68.7 Å². The molecule has 0 radical (unpaired) electrons. The first-order chi connectivity index (χ1) is 14.7. The molecule has 0 unspecified atom stereocenters. The van der Waals surface area contributed by atoms with E-state index in [1.54, 1.807) is 30.5 Å². The van der Waals surface area contributed by atoms with Crippen molar-refractivity contribution in [3.63, 3.8) is 0 Å². The number of hydrogen-bond donors (Lipinski definition) is 0. The van der Waals surface area contributed by atoms with Crippen molar-refractivity contribution in [2.75, 3.05) is 31.8 Å². The highest BCUT2D eigenvalue weighted by molar-refractivity contribution is 5.97. The summed E-state index contributed by atoms with van der Waals surface area (Å²) in [6.45, 7) is 1.18. The van der Waals surface area contributed by atoms with Crippen LogP contribution in [0, 0.1) is 0 Å². The SMILES string of the molecule is COC(=O)c1ccc(-c2ccc3c(c2)C2(CCOCC2)CN3C(=O)CC(F)(F)F)cn1. The van der Waals surface area contributed by atoms with Gasteiger partial charge in [0.05, 0.1) is 7.11 Å². The lowest BCUT2D eigenvalue weighted by Crippen LogP contribution is -2.41. The van der Waals surface area contributed by atoms with Crippen molar-refractivity contribution >= 4 is 17.6 Å². The minimum atomic E-state index is -4.56. The van der Waals surface area contributed by atoms with Crippen molar-refractivity contribution in [2.45, 2.75) is 30.9 Å². The monoisotopic (exact) mass is 434 g/mol. The number of methoxy groups -OCH3 is 1. The van der Waals surface area contributed by atoms with Crippen LogP contribution in [0.4, 0.5) is 18.9 Å². The molecule has 6 nitrogen and oxygen atoms in total. The van der Waals surface area contributed by atoms with Crippen molar-refractivity contribution in [2.24, 2.45) is 0 Å². The van der Waals surface area contributed by atoms with Crippen molar-refractivity contribution in [1.82, 2.24) is 4.98 Å². The van der Waals surface area contributed by atoms with Crippen LogP contribution in [0.1, 0.15) is 35.3 Å². The summed E-state index contributed by atoms with van der Waals surface area (Å²) < 4.78 is 48.7. The molecule has 31 heavy (non-hydrogen) atoms. The minimum absolute atomic E-state index is 0.178. The number of pyridine rings is 1. The zero-order valence-corrected chi connectivity index (χ0v) is 16.9. The number of alkyl halides is 3. The van der Waals surface area contributed by atoms with Gasteiger partial charge in [0.15, 0.2) is 0 Å². The molecule has 164 valence electrons. The molecule has 0 bridgehead atoms. The third-order valence-corrected chi connectivity index (χ3v) is 5.91. The van der Waals surface area contributed by atoms with Crippen LogP contribution in [0.5, 0.6) is 0 Å². The number of benzene rings is 1. The fourth-order valence-electron chi connectivity index (χ4n) is 4.32. The Morgan fingerprint density at radius 3 is 2.48 bits per heavy atom. The number of anilines is 1. The molecule has 1 fully saturated rings. The van der Waals surface area contributed by atoms with E-state index in [4.69, 9.17) is 4.74 Å². The molecular weight excluding hydrogens is 413 g/mol. The zero-order chi connectivity index (χ0) is 22.2. The number of carbonyl (C=O) groups is 2. The van der Waals surface area contributed by atoms with Crippen molar-refractivity contribution in [1.29, 1.82) is 0 Å². The van der Waals surface area contributed by atoms with Gasteiger partial charge in [-0.05, 0) is 42.2 Å². The van der Waals surface area contributed by atoms with Gasteiger partial charge in [-0.3, -0.25) is 4.79 Å². The van der Waals surface area contributed by atoms with E-state index in [1.165, 1.54) is 12.0 Å². The second-order valence-electron chi connectivity index (χ2n) is 7.82. The zero-order valence-electron chi connectivity index (χ0n) is 16.9. The molecule has 4 rings (SSSR count). The highest BCUT2D eigenvalue weighted by Crippen LogP contribution is 2.48. The maximum atomic E-state index is 12.9. The van der Waals surface area contributed by atoms with Gasteiger partial charge in [0.2, 0.25) is 5.91 Å². The third kappa shape index (κ3) is 4.14. The van der Waals surface area contributed by atoms with E-state index in [0.717, 1.165) is 16.7 Å². The number of aromatic nitrogens is 1. The second kappa shape index (κ2) is 7.96. The maximum absolute atomic E-state index is 12.9. The van der Waals surface area contributed by atoms with Gasteiger partial charge in [0, 0.05) is 42.6 Å². The summed E-state index contributed by atoms with van der Waals surface area (Å²) in [7, 11) is 1.28. The number of halogens is 3. The number of hydrogen-bond acceptors (Lipinski definition) is 5. The highest BCUT2D eigenvalue weighted by atomic mass is 19.4. The average molecular weight is 434 g/mol. The molecule has 2 aromatic rings. The first kappa shape index (κ1) is 21.3. The summed E-state index contributed by atoms with van der Waals surface area (Å²) >= 11 is 0. The molecule has 0 saturated carbocycles. The summed E-state index contributed by atoms with van der Waals surface area (Å²) in [6, 6.07) is 8.64. The summed E-state index contributed by atoms with van der Waals surface area (Å²) in [5.74, 6) is -1.49. The van der Waals surface area contributed by atoms with Gasteiger partial charge in [-0.1, -0.05) is 12.1 Å². The molecule has 2 aliphatic heterocycles. The first-order valence-electron chi connectivity index (χ1n) is 9.87. The van der Waals surface area contributed by atoms with E-state index >= 15 is 0 Å². The molecule has 1 spiro atoms. The molecule has 1 amide bonds. The lowest BCUT2D eigenvalue weighted by atomic mass is 9.75. The number of esters is 1. The lowest BCUT2D eigenvalue weighted by molar-refractivity contribution is -0.152. The summed E-state index contributed by atoms with van der Waals surface area (Å²) in [5, 5.41) is 0. The van der Waals surface area contributed by atoms with Crippen molar-refractivity contribution in [3.05, 3.63) is 47.8 Å². The minimum Gasteiger partial charge on any atom is -0.464 e. The molecule has 0 N–H and O–H groups in total. The maximum Gasteiger partial charge on any atom is 0.397 e. The summed E-state index contributed by atoms with van der Waals surface area (Å²) in [4.78, 5) is 29.4. The smallest absolute Gasteiger partial charge is 0.397 e. The Hall–Kier alpha value is -2.94. The van der Waals surface area contributed by atoms with Crippen LogP contribution in [-0.2, 0) is 19.7 Å². The predicted octanol–water partition coefficient (Wildman–Crippen LogP) is 3.88. The van der Waals surface area contributed by atoms with E-state index in [9.17, 15) is 22.8 Å². The van der Waals surface area contributed by atoms with E-state index in [1.807, 2.05) is 6.07 Å². The van der Waals surface area contributed by atoms with Gasteiger partial charge in [0.25, 0.3) is 0 Å². The molecule has 1 aromatic carbocycles. The summed E-state index contributed by atoms with van der Waals surface area (Å²) in [6.07, 6.45) is -3.25. The van der Waals surface area contributed by atoms with Gasteiger partial charge in [-0.25, -0.2) is 9.78 Å². The van der Waals surface area contributed by atoms with Crippen molar-refractivity contribution in [3.8, 4) is 11.1 Å². The predicted molar refractivity (Wildman–Crippen MR) is 106 cm³/mol. The second-order valence-corrected chi connectivity index (χ2v) is 7.82. The lowest BCUT2D eigenvalue weighted by Gasteiger charge is -2.34. The van der Waals surface area contributed by atoms with Crippen LogP contribution in [0.2, 0.25) is 0 Å². The molecule has 9 heteroatoms. The van der Waals surface area contributed by atoms with Gasteiger partial charge < -0.3 is 14.4 Å². The first-order valence-corrected chi connectivity index (χ1v) is 9.87. The molecule has 1 saturated heterocycles. The molecule has 3 heterocycles. The van der Waals surface area contributed by atoms with E-state index < -0.39 is 29.9 Å². The molecule has 2 aliphatic rings. The number of rotatable bonds is 3. The number of carbonyl (C=O) groups excluding carboxylic acids is 2. The Labute approximate surface area is 177 Å². The molecular formula is C22H21F3N2O4.